The number of amides is 1. The SMILES string of the molecule is COc1ccc(N=C2CC[C@H]3[C@@H]4CC[C@H]5N(C)C(=O)CC[C@]5(C)[C@H]4CC[C@]23C)cc1. The van der Waals surface area contributed by atoms with Crippen molar-refractivity contribution in [3.05, 3.63) is 24.3 Å². The lowest BCUT2D eigenvalue weighted by molar-refractivity contribution is -0.155. The van der Waals surface area contributed by atoms with Crippen LogP contribution in [-0.2, 0) is 4.79 Å². The van der Waals surface area contributed by atoms with Gasteiger partial charge in [0.05, 0.1) is 12.8 Å². The summed E-state index contributed by atoms with van der Waals surface area (Å²) in [5.74, 6) is 3.52. The minimum Gasteiger partial charge on any atom is -0.497 e. The van der Waals surface area contributed by atoms with Gasteiger partial charge in [0, 0.05) is 30.6 Å². The van der Waals surface area contributed by atoms with Crippen LogP contribution in [0.5, 0.6) is 5.75 Å². The molecule has 4 heteroatoms. The summed E-state index contributed by atoms with van der Waals surface area (Å²) in [7, 11) is 3.75. The maximum atomic E-state index is 12.3. The topological polar surface area (TPSA) is 41.9 Å². The second-order valence-electron chi connectivity index (χ2n) is 10.7. The Bertz CT molecular complexity index is 862. The number of hydrogen-bond donors (Lipinski definition) is 0. The number of piperidine rings is 1. The summed E-state index contributed by atoms with van der Waals surface area (Å²) in [6.45, 7) is 5.00. The van der Waals surface area contributed by atoms with E-state index in [1.807, 2.05) is 19.2 Å². The van der Waals surface area contributed by atoms with E-state index in [4.69, 9.17) is 9.73 Å². The van der Waals surface area contributed by atoms with Crippen molar-refractivity contribution in [1.82, 2.24) is 4.90 Å². The van der Waals surface area contributed by atoms with Gasteiger partial charge in [-0.15, -0.1) is 0 Å². The van der Waals surface area contributed by atoms with Gasteiger partial charge < -0.3 is 9.64 Å². The number of likely N-dealkylation sites (tertiary alicyclic amines) is 1. The highest BCUT2D eigenvalue weighted by atomic mass is 16.5. The van der Waals surface area contributed by atoms with E-state index in [-0.39, 0.29) is 5.41 Å². The molecule has 0 N–H and O–H groups in total. The molecule has 5 rings (SSSR count). The molecule has 1 aromatic carbocycles. The molecule has 30 heavy (non-hydrogen) atoms. The van der Waals surface area contributed by atoms with E-state index < -0.39 is 0 Å². The summed E-state index contributed by atoms with van der Waals surface area (Å²) in [5.41, 5.74) is 3.00. The number of carbonyl (C=O) groups is 1. The second-order valence-corrected chi connectivity index (χ2v) is 10.7. The van der Waals surface area contributed by atoms with Gasteiger partial charge in [-0.05, 0) is 92.4 Å². The fourth-order valence-corrected chi connectivity index (χ4v) is 7.94. The third-order valence-corrected chi connectivity index (χ3v) is 9.63. The lowest BCUT2D eigenvalue weighted by Gasteiger charge is -2.61. The fraction of sp³-hybridized carbons (Fsp3) is 0.692. The molecule has 4 aliphatic rings. The van der Waals surface area contributed by atoms with Gasteiger partial charge in [-0.25, -0.2) is 0 Å². The van der Waals surface area contributed by atoms with Crippen LogP contribution in [0, 0.1) is 28.6 Å². The first kappa shape index (κ1) is 20.1. The minimum atomic E-state index is 0.237. The van der Waals surface area contributed by atoms with Crippen LogP contribution in [0.1, 0.15) is 65.2 Å². The molecular weight excluding hydrogens is 372 g/mol. The number of carbonyl (C=O) groups excluding carboxylic acids is 1. The Labute approximate surface area is 181 Å². The van der Waals surface area contributed by atoms with Crippen molar-refractivity contribution >= 4 is 17.3 Å². The average molecular weight is 409 g/mol. The van der Waals surface area contributed by atoms with Crippen LogP contribution in [-0.4, -0.2) is 36.7 Å². The number of hydrogen-bond acceptors (Lipinski definition) is 3. The molecule has 1 saturated heterocycles. The van der Waals surface area contributed by atoms with Crippen LogP contribution >= 0.6 is 0 Å². The third-order valence-electron chi connectivity index (χ3n) is 9.63. The Morgan fingerprint density at radius 2 is 1.77 bits per heavy atom. The number of fused-ring (bicyclic) bond motifs is 5. The molecule has 4 nitrogen and oxygen atoms in total. The molecular formula is C26H36N2O2. The standard InChI is InChI=1S/C26H36N2O2/c1-25-15-13-21-19(9-12-23-26(21,2)16-14-24(29)28(23)3)20(25)10-11-22(25)27-17-5-7-18(30-4)8-6-17/h5-8,19-21,23H,9-16H2,1-4H3/t19-,20-,21-,23+,25-,26+/m0/s1. The summed E-state index contributed by atoms with van der Waals surface area (Å²) in [6, 6.07) is 8.62. The molecule has 0 spiro atoms. The van der Waals surface area contributed by atoms with E-state index in [1.54, 1.807) is 7.11 Å². The third kappa shape index (κ3) is 2.85. The van der Waals surface area contributed by atoms with E-state index in [0.29, 0.717) is 17.4 Å². The Hall–Kier alpha value is -1.84. The van der Waals surface area contributed by atoms with Gasteiger partial charge >= 0.3 is 0 Å². The first-order valence-electron chi connectivity index (χ1n) is 11.8. The van der Waals surface area contributed by atoms with E-state index in [0.717, 1.165) is 48.5 Å². The lowest BCUT2D eigenvalue weighted by atomic mass is 9.47. The summed E-state index contributed by atoms with van der Waals surface area (Å²) in [6.07, 6.45) is 9.21. The summed E-state index contributed by atoms with van der Waals surface area (Å²) in [5, 5.41) is 0. The molecule has 3 aliphatic carbocycles. The number of benzene rings is 1. The van der Waals surface area contributed by atoms with Gasteiger partial charge in [0.15, 0.2) is 0 Å². The fourth-order valence-electron chi connectivity index (χ4n) is 7.94. The van der Waals surface area contributed by atoms with Crippen LogP contribution in [0.3, 0.4) is 0 Å². The molecule has 1 heterocycles. The lowest BCUT2D eigenvalue weighted by Crippen LogP contribution is -2.61. The minimum absolute atomic E-state index is 0.237. The van der Waals surface area contributed by atoms with Gasteiger partial charge in [-0.2, -0.15) is 0 Å². The van der Waals surface area contributed by atoms with Crippen molar-refractivity contribution in [3.8, 4) is 5.75 Å². The smallest absolute Gasteiger partial charge is 0.222 e. The largest absolute Gasteiger partial charge is 0.497 e. The van der Waals surface area contributed by atoms with E-state index in [9.17, 15) is 4.79 Å². The number of rotatable bonds is 2. The number of methoxy groups -OCH3 is 1. The molecule has 0 aromatic heterocycles. The van der Waals surface area contributed by atoms with Gasteiger partial charge in [0.1, 0.15) is 5.75 Å². The van der Waals surface area contributed by atoms with Crippen molar-refractivity contribution in [2.24, 2.45) is 33.6 Å². The number of nitrogens with zero attached hydrogens (tertiary/aromatic N) is 2. The Morgan fingerprint density at radius 3 is 2.50 bits per heavy atom. The molecule has 1 aliphatic heterocycles. The summed E-state index contributed by atoms with van der Waals surface area (Å²) >= 11 is 0. The molecule has 1 aromatic rings. The second kappa shape index (κ2) is 7.10. The molecule has 4 fully saturated rings. The Balaban J connectivity index is 1.41. The molecule has 1 amide bonds. The van der Waals surface area contributed by atoms with E-state index in [1.165, 1.54) is 37.8 Å². The first-order chi connectivity index (χ1) is 14.4. The normalized spacial score (nSPS) is 41.9. The predicted octanol–water partition coefficient (Wildman–Crippen LogP) is 5.63. The highest BCUT2D eigenvalue weighted by Gasteiger charge is 2.60. The molecule has 162 valence electrons. The molecule has 0 bridgehead atoms. The molecule has 6 atom stereocenters. The summed E-state index contributed by atoms with van der Waals surface area (Å²) < 4.78 is 5.30. The van der Waals surface area contributed by atoms with Gasteiger partial charge in [0.25, 0.3) is 0 Å². The predicted molar refractivity (Wildman–Crippen MR) is 120 cm³/mol. The quantitative estimate of drug-likeness (QED) is 0.636. The average Bonchev–Trinajstić information content (AvgIpc) is 3.08. The number of aliphatic imine (C=N–C) groups is 1. The van der Waals surface area contributed by atoms with E-state index >= 15 is 0 Å². The Kier molecular flexibility index (Phi) is 4.75. The van der Waals surface area contributed by atoms with Crippen molar-refractivity contribution in [3.63, 3.8) is 0 Å². The van der Waals surface area contributed by atoms with Crippen molar-refractivity contribution in [1.29, 1.82) is 0 Å². The van der Waals surface area contributed by atoms with Crippen molar-refractivity contribution in [2.45, 2.75) is 71.3 Å². The summed E-state index contributed by atoms with van der Waals surface area (Å²) in [4.78, 5) is 19.6. The van der Waals surface area contributed by atoms with Crippen LogP contribution in [0.4, 0.5) is 5.69 Å². The van der Waals surface area contributed by atoms with Crippen molar-refractivity contribution < 1.29 is 9.53 Å². The monoisotopic (exact) mass is 408 g/mol. The van der Waals surface area contributed by atoms with Crippen LogP contribution in [0.2, 0.25) is 0 Å². The highest BCUT2D eigenvalue weighted by Crippen LogP contribution is 2.64. The highest BCUT2D eigenvalue weighted by molar-refractivity contribution is 5.94. The molecule has 0 radical (unpaired) electrons. The molecule has 0 unspecified atom stereocenters. The van der Waals surface area contributed by atoms with Gasteiger partial charge in [-0.3, -0.25) is 9.79 Å². The Morgan fingerprint density at radius 1 is 1.00 bits per heavy atom. The maximum absolute atomic E-state index is 12.3. The zero-order valence-corrected chi connectivity index (χ0v) is 19.0. The zero-order chi connectivity index (χ0) is 21.1. The number of ether oxygens (including phenoxy) is 1. The van der Waals surface area contributed by atoms with Gasteiger partial charge in [0.2, 0.25) is 5.91 Å². The zero-order valence-electron chi connectivity index (χ0n) is 19.0. The van der Waals surface area contributed by atoms with Crippen LogP contribution < -0.4 is 4.74 Å². The van der Waals surface area contributed by atoms with Crippen LogP contribution in [0.15, 0.2) is 29.3 Å². The molecule has 3 saturated carbocycles. The first-order valence-corrected chi connectivity index (χ1v) is 11.8. The van der Waals surface area contributed by atoms with E-state index in [2.05, 4.69) is 30.9 Å². The maximum Gasteiger partial charge on any atom is 0.222 e. The van der Waals surface area contributed by atoms with Gasteiger partial charge in [-0.1, -0.05) is 13.8 Å². The van der Waals surface area contributed by atoms with Crippen LogP contribution in [0.25, 0.3) is 0 Å². The van der Waals surface area contributed by atoms with Crippen molar-refractivity contribution in [2.75, 3.05) is 14.2 Å².